The molecule has 3 N–H and O–H groups in total. The molecule has 2 aliphatic rings. The molecule has 2 unspecified atom stereocenters. The van der Waals surface area contributed by atoms with Crippen molar-refractivity contribution in [2.24, 2.45) is 0 Å². The summed E-state index contributed by atoms with van der Waals surface area (Å²) in [5.74, 6) is -0.648. The van der Waals surface area contributed by atoms with Gasteiger partial charge in [-0.1, -0.05) is 101 Å². The molecule has 2 aromatic carbocycles. The Labute approximate surface area is 323 Å². The normalized spacial score (nSPS) is 16.3. The quantitative estimate of drug-likeness (QED) is 0.0386. The lowest BCUT2D eigenvalue weighted by Gasteiger charge is -2.16. The molecule has 0 bridgehead atoms. The van der Waals surface area contributed by atoms with Gasteiger partial charge in [0, 0.05) is 44.0 Å². The van der Waals surface area contributed by atoms with E-state index in [0.717, 1.165) is 73.0 Å². The third-order valence-corrected chi connectivity index (χ3v) is 12.0. The van der Waals surface area contributed by atoms with Gasteiger partial charge in [0.2, 0.25) is 23.6 Å². The SMILES string of the molecule is O=COCC1c2ccccc2-c2ccc(NC(=O)CCN3C(=O)CC(SCCCCCCCCCCCCCCCC(=O)NCCS(=O)(=O)O)C3=O)cc21. The van der Waals surface area contributed by atoms with Gasteiger partial charge in [-0.25, -0.2) is 0 Å². The molecule has 0 saturated carbocycles. The van der Waals surface area contributed by atoms with Crippen molar-refractivity contribution in [2.45, 2.75) is 114 Å². The van der Waals surface area contributed by atoms with E-state index in [9.17, 15) is 32.4 Å². The Kier molecular flexibility index (Phi) is 18.0. The zero-order valence-corrected chi connectivity index (χ0v) is 32.7. The number of unbranched alkanes of at least 4 members (excludes halogenated alkanes) is 12. The van der Waals surface area contributed by atoms with Gasteiger partial charge in [0.15, 0.2) is 0 Å². The summed E-state index contributed by atoms with van der Waals surface area (Å²) in [4.78, 5) is 62.3. The minimum Gasteiger partial charge on any atom is -0.467 e. The first-order valence-electron chi connectivity index (χ1n) is 19.3. The molecule has 1 aliphatic carbocycles. The summed E-state index contributed by atoms with van der Waals surface area (Å²) in [5.41, 5.74) is 4.76. The van der Waals surface area contributed by atoms with E-state index in [1.54, 1.807) is 11.8 Å². The van der Waals surface area contributed by atoms with Crippen LogP contribution in [0.2, 0.25) is 0 Å². The van der Waals surface area contributed by atoms with Crippen molar-refractivity contribution in [3.63, 3.8) is 0 Å². The van der Waals surface area contributed by atoms with E-state index in [4.69, 9.17) is 9.29 Å². The zero-order valence-electron chi connectivity index (χ0n) is 31.1. The summed E-state index contributed by atoms with van der Waals surface area (Å²) in [6, 6.07) is 13.6. The van der Waals surface area contributed by atoms with E-state index in [-0.39, 0.29) is 67.3 Å². The highest BCUT2D eigenvalue weighted by Crippen LogP contribution is 2.45. The standard InChI is InChI=1S/C40H55N3O9S2/c44-29-52-28-35-32-17-14-13-16-31(32)33-20-19-30(26-34(33)35)42-38(46)21-23-43-39(47)27-36(40(43)48)53-24-15-11-9-7-5-3-1-2-4-6-8-10-12-18-37(45)41-22-25-54(49,50)51/h13-14,16-17,19-20,26,29,35-36H,1-12,15,18,21-25,27-28H2,(H,41,45)(H,42,46)(H,49,50,51). The van der Waals surface area contributed by atoms with Crippen LogP contribution in [0.15, 0.2) is 42.5 Å². The second-order valence-corrected chi connectivity index (χ2v) is 17.0. The Balaban J connectivity index is 0.994. The number of carbonyl (C=O) groups excluding carboxylic acids is 5. The molecular formula is C40H55N3O9S2. The number of nitrogens with one attached hydrogen (secondary N) is 2. The van der Waals surface area contributed by atoms with E-state index >= 15 is 0 Å². The van der Waals surface area contributed by atoms with Crippen LogP contribution in [-0.4, -0.2) is 84.4 Å². The summed E-state index contributed by atoms with van der Waals surface area (Å²) in [7, 11) is -4.04. The Bertz CT molecular complexity index is 1680. The van der Waals surface area contributed by atoms with Crippen LogP contribution >= 0.6 is 11.8 Å². The molecule has 0 radical (unpaired) electrons. The number of imide groups is 1. The fraction of sp³-hybridized carbons (Fsp3) is 0.575. The molecule has 1 fully saturated rings. The average Bonchev–Trinajstić information content (AvgIpc) is 3.59. The first-order chi connectivity index (χ1) is 26.1. The number of ether oxygens (including phenoxy) is 1. The van der Waals surface area contributed by atoms with Crippen LogP contribution in [-0.2, 0) is 38.8 Å². The van der Waals surface area contributed by atoms with Crippen LogP contribution in [0.3, 0.4) is 0 Å². The van der Waals surface area contributed by atoms with Crippen molar-refractivity contribution in [3.8, 4) is 11.1 Å². The molecule has 54 heavy (non-hydrogen) atoms. The molecule has 4 amide bonds. The highest BCUT2D eigenvalue weighted by molar-refractivity contribution is 8.00. The number of rotatable bonds is 27. The second kappa shape index (κ2) is 22.6. The first kappa shape index (κ1) is 43.0. The smallest absolute Gasteiger partial charge is 0.293 e. The van der Waals surface area contributed by atoms with Gasteiger partial charge in [0.1, 0.15) is 6.61 Å². The number of carbonyl (C=O) groups is 5. The van der Waals surface area contributed by atoms with Crippen LogP contribution in [0.1, 0.15) is 120 Å². The van der Waals surface area contributed by atoms with Gasteiger partial charge in [-0.3, -0.25) is 33.4 Å². The Morgan fingerprint density at radius 1 is 0.833 bits per heavy atom. The number of amides is 4. The van der Waals surface area contributed by atoms with Gasteiger partial charge in [0.05, 0.1) is 11.0 Å². The number of thioether (sulfide) groups is 1. The predicted molar refractivity (Wildman–Crippen MR) is 211 cm³/mol. The lowest BCUT2D eigenvalue weighted by Crippen LogP contribution is -2.34. The van der Waals surface area contributed by atoms with Gasteiger partial charge >= 0.3 is 0 Å². The third-order valence-electron chi connectivity index (χ3n) is 9.98. The molecule has 296 valence electrons. The molecule has 14 heteroatoms. The maximum Gasteiger partial charge on any atom is 0.293 e. The maximum atomic E-state index is 13.0. The monoisotopic (exact) mass is 785 g/mol. The number of nitrogens with zero attached hydrogens (tertiary/aromatic N) is 1. The Morgan fingerprint density at radius 2 is 1.46 bits per heavy atom. The molecule has 0 aromatic heterocycles. The molecule has 0 spiro atoms. The van der Waals surface area contributed by atoms with Crippen LogP contribution < -0.4 is 10.6 Å². The molecule has 2 aromatic rings. The Hall–Kier alpha value is -3.75. The van der Waals surface area contributed by atoms with Crippen molar-refractivity contribution in [3.05, 3.63) is 53.6 Å². The summed E-state index contributed by atoms with van der Waals surface area (Å²) >= 11 is 1.55. The minimum atomic E-state index is -4.04. The number of hydrogen-bond donors (Lipinski definition) is 3. The summed E-state index contributed by atoms with van der Waals surface area (Å²) in [6.07, 6.45) is 15.1. The van der Waals surface area contributed by atoms with Gasteiger partial charge in [-0.2, -0.15) is 8.42 Å². The van der Waals surface area contributed by atoms with Gasteiger partial charge in [-0.05, 0) is 53.0 Å². The second-order valence-electron chi connectivity index (χ2n) is 14.1. The van der Waals surface area contributed by atoms with Crippen LogP contribution in [0.5, 0.6) is 0 Å². The highest BCUT2D eigenvalue weighted by Gasteiger charge is 2.38. The molecule has 12 nitrogen and oxygen atoms in total. The predicted octanol–water partition coefficient (Wildman–Crippen LogP) is 6.63. The summed E-state index contributed by atoms with van der Waals surface area (Å²) in [5, 5.41) is 5.03. The van der Waals surface area contributed by atoms with Crippen LogP contribution in [0, 0.1) is 0 Å². The maximum absolute atomic E-state index is 13.0. The average molecular weight is 786 g/mol. The molecular weight excluding hydrogens is 731 g/mol. The number of hydrogen-bond acceptors (Lipinski definition) is 9. The zero-order chi connectivity index (χ0) is 38.8. The van der Waals surface area contributed by atoms with E-state index in [1.807, 2.05) is 42.5 Å². The number of benzene rings is 2. The topological polar surface area (TPSA) is 176 Å². The molecule has 2 atom stereocenters. The molecule has 4 rings (SSSR count). The minimum absolute atomic E-state index is 0.0125. The number of likely N-dealkylation sites (tertiary alicyclic amines) is 1. The molecule has 1 saturated heterocycles. The van der Waals surface area contributed by atoms with E-state index < -0.39 is 15.9 Å². The number of anilines is 1. The summed E-state index contributed by atoms with van der Waals surface area (Å²) in [6.45, 7) is 0.639. The Morgan fingerprint density at radius 3 is 2.13 bits per heavy atom. The lowest BCUT2D eigenvalue weighted by atomic mass is 9.97. The summed E-state index contributed by atoms with van der Waals surface area (Å²) < 4.78 is 35.1. The van der Waals surface area contributed by atoms with Crippen LogP contribution in [0.4, 0.5) is 5.69 Å². The van der Waals surface area contributed by atoms with E-state index in [1.165, 1.54) is 43.4 Å². The van der Waals surface area contributed by atoms with E-state index in [0.29, 0.717) is 18.6 Å². The van der Waals surface area contributed by atoms with Gasteiger partial charge in [0.25, 0.3) is 16.6 Å². The van der Waals surface area contributed by atoms with Gasteiger partial charge < -0.3 is 15.4 Å². The van der Waals surface area contributed by atoms with Crippen molar-refractivity contribution >= 4 is 57.7 Å². The van der Waals surface area contributed by atoms with E-state index in [2.05, 4.69) is 10.6 Å². The lowest BCUT2D eigenvalue weighted by molar-refractivity contribution is -0.138. The van der Waals surface area contributed by atoms with Crippen molar-refractivity contribution in [2.75, 3.05) is 36.5 Å². The fourth-order valence-corrected chi connectivity index (χ4v) is 8.67. The fourth-order valence-electron chi connectivity index (χ4n) is 7.12. The number of fused-ring (bicyclic) bond motifs is 3. The largest absolute Gasteiger partial charge is 0.467 e. The molecule has 1 aliphatic heterocycles. The van der Waals surface area contributed by atoms with Crippen molar-refractivity contribution < 1.29 is 41.7 Å². The highest BCUT2D eigenvalue weighted by atomic mass is 32.2. The first-order valence-corrected chi connectivity index (χ1v) is 22.0. The third kappa shape index (κ3) is 14.2. The van der Waals surface area contributed by atoms with Crippen molar-refractivity contribution in [1.29, 1.82) is 0 Å². The molecule has 1 heterocycles. The van der Waals surface area contributed by atoms with Gasteiger partial charge in [-0.15, -0.1) is 11.8 Å². The van der Waals surface area contributed by atoms with Crippen LogP contribution in [0.25, 0.3) is 11.1 Å². The van der Waals surface area contributed by atoms with Crippen molar-refractivity contribution in [1.82, 2.24) is 10.2 Å².